The van der Waals surface area contributed by atoms with Gasteiger partial charge in [-0.25, -0.2) is 4.79 Å². The number of halogens is 2. The van der Waals surface area contributed by atoms with Crippen molar-refractivity contribution in [1.82, 2.24) is 5.32 Å². The predicted octanol–water partition coefficient (Wildman–Crippen LogP) is 2.37. The van der Waals surface area contributed by atoms with E-state index in [1.165, 1.54) is 30.3 Å². The second-order valence-electron chi connectivity index (χ2n) is 4.24. The summed E-state index contributed by atoms with van der Waals surface area (Å²) in [6, 6.07) is 5.73. The van der Waals surface area contributed by atoms with E-state index in [-0.39, 0.29) is 18.3 Å². The first-order chi connectivity index (χ1) is 10.5. The molecule has 1 aromatic rings. The molecule has 0 radical (unpaired) electrons. The maximum Gasteiger partial charge on any atom is 0.387 e. The molecule has 0 aromatic heterocycles. The number of esters is 1. The number of benzene rings is 1. The number of rotatable bonds is 8. The minimum absolute atomic E-state index is 0.0299. The molecule has 0 aliphatic carbocycles. The van der Waals surface area contributed by atoms with Crippen molar-refractivity contribution in [3.63, 3.8) is 0 Å². The lowest BCUT2D eigenvalue weighted by Gasteiger charge is -2.04. The molecule has 0 saturated heterocycles. The Labute approximate surface area is 126 Å². The smallest absolute Gasteiger partial charge is 0.387 e. The van der Waals surface area contributed by atoms with Crippen LogP contribution >= 0.6 is 0 Å². The maximum absolute atomic E-state index is 12.0. The van der Waals surface area contributed by atoms with Crippen LogP contribution < -0.4 is 10.1 Å². The number of alkyl halides is 2. The van der Waals surface area contributed by atoms with E-state index in [9.17, 15) is 18.4 Å². The summed E-state index contributed by atoms with van der Waals surface area (Å²) in [7, 11) is 0. The molecule has 22 heavy (non-hydrogen) atoms. The van der Waals surface area contributed by atoms with Crippen LogP contribution in [0.5, 0.6) is 5.75 Å². The maximum atomic E-state index is 12.0. The zero-order valence-corrected chi connectivity index (χ0v) is 12.1. The monoisotopic (exact) mass is 313 g/mol. The molecule has 0 aliphatic rings. The van der Waals surface area contributed by atoms with Gasteiger partial charge in [-0.2, -0.15) is 8.78 Å². The number of hydrogen-bond donors (Lipinski definition) is 1. The minimum atomic E-state index is -2.88. The average Bonchev–Trinajstić information content (AvgIpc) is 2.49. The summed E-state index contributed by atoms with van der Waals surface area (Å²) in [5, 5.41) is 2.57. The highest BCUT2D eigenvalue weighted by atomic mass is 19.3. The van der Waals surface area contributed by atoms with Gasteiger partial charge in [0.15, 0.2) is 6.61 Å². The van der Waals surface area contributed by atoms with Gasteiger partial charge >= 0.3 is 12.6 Å². The van der Waals surface area contributed by atoms with Crippen molar-refractivity contribution < 1.29 is 27.8 Å². The van der Waals surface area contributed by atoms with Crippen LogP contribution in [0.1, 0.15) is 18.9 Å². The molecule has 1 N–H and O–H groups in total. The van der Waals surface area contributed by atoms with Crippen LogP contribution in [0.3, 0.4) is 0 Å². The fraction of sp³-hybridized carbons (Fsp3) is 0.333. The topological polar surface area (TPSA) is 64.6 Å². The molecule has 120 valence electrons. The normalized spacial score (nSPS) is 10.7. The molecule has 0 fully saturated rings. The molecule has 0 bridgehead atoms. The van der Waals surface area contributed by atoms with Crippen LogP contribution in [-0.4, -0.2) is 31.6 Å². The Morgan fingerprint density at radius 1 is 1.27 bits per heavy atom. The number of hydrogen-bond acceptors (Lipinski definition) is 4. The van der Waals surface area contributed by atoms with Crippen LogP contribution in [-0.2, 0) is 14.3 Å². The first-order valence-corrected chi connectivity index (χ1v) is 6.67. The molecular formula is C15H17F2NO4. The van der Waals surface area contributed by atoms with Crippen molar-refractivity contribution in [1.29, 1.82) is 0 Å². The van der Waals surface area contributed by atoms with E-state index in [0.29, 0.717) is 12.1 Å². The molecule has 5 nitrogen and oxygen atoms in total. The van der Waals surface area contributed by atoms with Gasteiger partial charge in [-0.15, -0.1) is 0 Å². The zero-order chi connectivity index (χ0) is 16.4. The van der Waals surface area contributed by atoms with Crippen molar-refractivity contribution in [3.8, 4) is 5.75 Å². The van der Waals surface area contributed by atoms with Crippen molar-refractivity contribution in [2.75, 3.05) is 13.2 Å². The van der Waals surface area contributed by atoms with E-state index in [1.54, 1.807) is 0 Å². The van der Waals surface area contributed by atoms with Crippen LogP contribution in [0.25, 0.3) is 6.08 Å². The van der Waals surface area contributed by atoms with Gasteiger partial charge in [-0.1, -0.05) is 19.1 Å². The van der Waals surface area contributed by atoms with E-state index in [1.807, 2.05) is 6.92 Å². The van der Waals surface area contributed by atoms with Gasteiger partial charge in [0, 0.05) is 12.6 Å². The summed E-state index contributed by atoms with van der Waals surface area (Å²) in [6.07, 6.45) is 3.39. The fourth-order valence-electron chi connectivity index (χ4n) is 1.42. The summed E-state index contributed by atoms with van der Waals surface area (Å²) in [6.45, 7) is -0.786. The minimum Gasteiger partial charge on any atom is -0.452 e. The number of carbonyl (C=O) groups is 2. The van der Waals surface area contributed by atoms with Crippen molar-refractivity contribution >= 4 is 18.0 Å². The van der Waals surface area contributed by atoms with E-state index >= 15 is 0 Å². The number of carbonyl (C=O) groups excluding carboxylic acids is 2. The van der Waals surface area contributed by atoms with Crippen molar-refractivity contribution in [3.05, 3.63) is 35.9 Å². The first-order valence-electron chi connectivity index (χ1n) is 6.67. The highest BCUT2D eigenvalue weighted by Gasteiger charge is 2.05. The van der Waals surface area contributed by atoms with E-state index in [2.05, 4.69) is 10.1 Å². The van der Waals surface area contributed by atoms with Crippen molar-refractivity contribution in [2.45, 2.75) is 20.0 Å². The van der Waals surface area contributed by atoms with Crippen LogP contribution in [0, 0.1) is 0 Å². The van der Waals surface area contributed by atoms with Gasteiger partial charge in [0.1, 0.15) is 5.75 Å². The van der Waals surface area contributed by atoms with E-state index in [4.69, 9.17) is 4.74 Å². The average molecular weight is 313 g/mol. The third-order valence-electron chi connectivity index (χ3n) is 2.43. The molecule has 1 aromatic carbocycles. The molecule has 0 atom stereocenters. The molecule has 0 aliphatic heterocycles. The molecule has 0 spiro atoms. The van der Waals surface area contributed by atoms with Gasteiger partial charge in [-0.05, 0) is 30.2 Å². The van der Waals surface area contributed by atoms with Crippen LogP contribution in [0.4, 0.5) is 8.78 Å². The van der Waals surface area contributed by atoms with E-state index < -0.39 is 12.6 Å². The first kappa shape index (κ1) is 17.6. The highest BCUT2D eigenvalue weighted by Crippen LogP contribution is 2.15. The number of nitrogens with one attached hydrogen (secondary N) is 1. The second kappa shape index (κ2) is 9.49. The Hall–Kier alpha value is -2.44. The van der Waals surface area contributed by atoms with Gasteiger partial charge in [0.2, 0.25) is 0 Å². The lowest BCUT2D eigenvalue weighted by molar-refractivity contribution is -0.143. The zero-order valence-electron chi connectivity index (χ0n) is 12.1. The third kappa shape index (κ3) is 7.37. The van der Waals surface area contributed by atoms with Gasteiger partial charge < -0.3 is 14.8 Å². The second-order valence-corrected chi connectivity index (χ2v) is 4.24. The molecule has 0 heterocycles. The van der Waals surface area contributed by atoms with Gasteiger partial charge in [0.05, 0.1) is 0 Å². The lowest BCUT2D eigenvalue weighted by atomic mass is 10.2. The lowest BCUT2D eigenvalue weighted by Crippen LogP contribution is -2.28. The Kier molecular flexibility index (Phi) is 7.60. The van der Waals surface area contributed by atoms with Crippen LogP contribution in [0.15, 0.2) is 30.3 Å². The Bertz CT molecular complexity index is 515. The predicted molar refractivity (Wildman–Crippen MR) is 76.4 cm³/mol. The molecule has 1 amide bonds. The quantitative estimate of drug-likeness (QED) is 0.591. The van der Waals surface area contributed by atoms with E-state index in [0.717, 1.165) is 12.5 Å². The SMILES string of the molecule is CCCNC(=O)COC(=O)C=Cc1ccc(OC(F)F)cc1. The summed E-state index contributed by atoms with van der Waals surface area (Å²) in [5.41, 5.74) is 0.606. The largest absolute Gasteiger partial charge is 0.452 e. The summed E-state index contributed by atoms with van der Waals surface area (Å²) in [4.78, 5) is 22.6. The van der Waals surface area contributed by atoms with Crippen molar-refractivity contribution in [2.24, 2.45) is 0 Å². The highest BCUT2D eigenvalue weighted by molar-refractivity contribution is 5.89. The number of ether oxygens (including phenoxy) is 2. The van der Waals surface area contributed by atoms with Gasteiger partial charge in [-0.3, -0.25) is 4.79 Å². The van der Waals surface area contributed by atoms with Gasteiger partial charge in [0.25, 0.3) is 5.91 Å². The Morgan fingerprint density at radius 2 is 1.95 bits per heavy atom. The number of amides is 1. The molecule has 1 rings (SSSR count). The molecule has 0 saturated carbocycles. The molecule has 7 heteroatoms. The Morgan fingerprint density at radius 3 is 2.55 bits per heavy atom. The Balaban J connectivity index is 2.40. The fourth-order valence-corrected chi connectivity index (χ4v) is 1.42. The summed E-state index contributed by atoms with van der Waals surface area (Å²) < 4.78 is 32.9. The summed E-state index contributed by atoms with van der Waals surface area (Å²) in [5.74, 6) is -1.00. The molecule has 0 unspecified atom stereocenters. The van der Waals surface area contributed by atoms with Crippen LogP contribution in [0.2, 0.25) is 0 Å². The molecular weight excluding hydrogens is 296 g/mol. The summed E-state index contributed by atoms with van der Waals surface area (Å²) >= 11 is 0. The standard InChI is InChI=1S/C15H17F2NO4/c1-2-9-18-13(19)10-21-14(20)8-5-11-3-6-12(7-4-11)22-15(16)17/h3-8,15H,2,9-10H2,1H3,(H,18,19). The third-order valence-corrected chi connectivity index (χ3v) is 2.43.